The molecule has 1 N–H and O–H groups in total. The second-order valence-electron chi connectivity index (χ2n) is 4.32. The second-order valence-corrected chi connectivity index (χ2v) is 5.38. The van der Waals surface area contributed by atoms with Gasteiger partial charge >= 0.3 is 0 Å². The minimum atomic E-state index is -0.0203. The third-order valence-electron chi connectivity index (χ3n) is 2.49. The van der Waals surface area contributed by atoms with Crippen molar-refractivity contribution >= 4 is 23.4 Å². The second kappa shape index (κ2) is 7.00. The van der Waals surface area contributed by atoms with Crippen LogP contribution in [0.3, 0.4) is 0 Å². The lowest BCUT2D eigenvalue weighted by atomic mass is 10.4. The van der Waals surface area contributed by atoms with E-state index in [-0.39, 0.29) is 5.91 Å². The fraction of sp³-hybridized carbons (Fsp3) is 0.286. The zero-order valence-electron chi connectivity index (χ0n) is 11.5. The van der Waals surface area contributed by atoms with Gasteiger partial charge in [-0.05, 0) is 32.0 Å². The summed E-state index contributed by atoms with van der Waals surface area (Å²) >= 11 is 1.49. The van der Waals surface area contributed by atoms with Crippen molar-refractivity contribution in [2.45, 2.75) is 25.4 Å². The highest BCUT2D eigenvalue weighted by molar-refractivity contribution is 7.99. The van der Waals surface area contributed by atoms with E-state index in [2.05, 4.69) is 20.3 Å². The minimum Gasteiger partial charge on any atom is -0.326 e. The maximum Gasteiger partial charge on any atom is 0.225 e. The standard InChI is InChI=1S/C14H16N4OS/c1-10-9-11(2)17-14(16-10)20-8-5-13(19)18-12-3-6-15-7-4-12/h3-4,6-7,9H,5,8H2,1-2H3,(H,15,18,19). The maximum atomic E-state index is 11.8. The van der Waals surface area contributed by atoms with Gasteiger partial charge < -0.3 is 5.32 Å². The van der Waals surface area contributed by atoms with Crippen LogP contribution in [0.5, 0.6) is 0 Å². The van der Waals surface area contributed by atoms with Crippen LogP contribution in [-0.4, -0.2) is 26.6 Å². The summed E-state index contributed by atoms with van der Waals surface area (Å²) in [6, 6.07) is 5.45. The lowest BCUT2D eigenvalue weighted by molar-refractivity contribution is -0.115. The lowest BCUT2D eigenvalue weighted by Gasteiger charge is -2.05. The quantitative estimate of drug-likeness (QED) is 0.676. The molecule has 104 valence electrons. The normalized spacial score (nSPS) is 10.3. The predicted octanol–water partition coefficient (Wildman–Crippen LogP) is 2.61. The number of aryl methyl sites for hydroxylation is 2. The number of pyridine rings is 1. The highest BCUT2D eigenvalue weighted by atomic mass is 32.2. The van der Waals surface area contributed by atoms with Crippen molar-refractivity contribution in [2.24, 2.45) is 0 Å². The minimum absolute atomic E-state index is 0.0203. The van der Waals surface area contributed by atoms with Crippen LogP contribution in [0.25, 0.3) is 0 Å². The van der Waals surface area contributed by atoms with E-state index in [4.69, 9.17) is 0 Å². The van der Waals surface area contributed by atoms with E-state index in [1.54, 1.807) is 24.5 Å². The largest absolute Gasteiger partial charge is 0.326 e. The molecular weight excluding hydrogens is 272 g/mol. The molecule has 2 rings (SSSR count). The van der Waals surface area contributed by atoms with Crippen LogP contribution in [0.1, 0.15) is 17.8 Å². The number of nitrogens with one attached hydrogen (secondary N) is 1. The Labute approximate surface area is 122 Å². The first kappa shape index (κ1) is 14.5. The molecule has 0 aromatic carbocycles. The third-order valence-corrected chi connectivity index (χ3v) is 3.34. The highest BCUT2D eigenvalue weighted by Gasteiger charge is 2.05. The first-order chi connectivity index (χ1) is 9.63. The summed E-state index contributed by atoms with van der Waals surface area (Å²) in [5, 5.41) is 3.54. The van der Waals surface area contributed by atoms with Gasteiger partial charge in [-0.3, -0.25) is 9.78 Å². The lowest BCUT2D eigenvalue weighted by Crippen LogP contribution is -2.12. The summed E-state index contributed by atoms with van der Waals surface area (Å²) in [5.41, 5.74) is 2.65. The van der Waals surface area contributed by atoms with Gasteiger partial charge in [0, 0.05) is 41.6 Å². The van der Waals surface area contributed by atoms with Crippen molar-refractivity contribution in [2.75, 3.05) is 11.1 Å². The SMILES string of the molecule is Cc1cc(C)nc(SCCC(=O)Nc2ccncc2)n1. The van der Waals surface area contributed by atoms with E-state index in [1.807, 2.05) is 19.9 Å². The molecule has 2 aromatic rings. The Kier molecular flexibility index (Phi) is 5.06. The van der Waals surface area contributed by atoms with Gasteiger partial charge in [-0.2, -0.15) is 0 Å². The molecule has 0 atom stereocenters. The molecule has 0 spiro atoms. The number of amides is 1. The van der Waals surface area contributed by atoms with Crippen molar-refractivity contribution in [1.82, 2.24) is 15.0 Å². The zero-order valence-corrected chi connectivity index (χ0v) is 12.3. The van der Waals surface area contributed by atoms with Gasteiger partial charge in [-0.25, -0.2) is 9.97 Å². The summed E-state index contributed by atoms with van der Waals surface area (Å²) in [6.07, 6.45) is 3.71. The number of aromatic nitrogens is 3. The van der Waals surface area contributed by atoms with Crippen LogP contribution in [0.15, 0.2) is 35.7 Å². The Bertz CT molecular complexity index is 569. The van der Waals surface area contributed by atoms with Crippen molar-refractivity contribution in [1.29, 1.82) is 0 Å². The Morgan fingerprint density at radius 1 is 1.20 bits per heavy atom. The van der Waals surface area contributed by atoms with Gasteiger partial charge in [0.05, 0.1) is 0 Å². The molecular formula is C14H16N4OS. The van der Waals surface area contributed by atoms with Gasteiger partial charge in [-0.1, -0.05) is 11.8 Å². The zero-order chi connectivity index (χ0) is 14.4. The van der Waals surface area contributed by atoms with E-state index in [0.29, 0.717) is 12.2 Å². The topological polar surface area (TPSA) is 67.8 Å². The Morgan fingerprint density at radius 3 is 2.50 bits per heavy atom. The van der Waals surface area contributed by atoms with E-state index >= 15 is 0 Å². The van der Waals surface area contributed by atoms with Crippen LogP contribution >= 0.6 is 11.8 Å². The summed E-state index contributed by atoms with van der Waals surface area (Å²) in [5.74, 6) is 0.632. The first-order valence-electron chi connectivity index (χ1n) is 6.28. The molecule has 0 fully saturated rings. The molecule has 0 bridgehead atoms. The van der Waals surface area contributed by atoms with Crippen molar-refractivity contribution < 1.29 is 4.79 Å². The molecule has 0 saturated carbocycles. The number of carbonyl (C=O) groups is 1. The molecule has 1 amide bonds. The van der Waals surface area contributed by atoms with Crippen LogP contribution in [0, 0.1) is 13.8 Å². The van der Waals surface area contributed by atoms with Crippen molar-refractivity contribution in [3.63, 3.8) is 0 Å². The highest BCUT2D eigenvalue weighted by Crippen LogP contribution is 2.15. The average Bonchev–Trinajstić information content (AvgIpc) is 2.38. The molecule has 5 nitrogen and oxygen atoms in total. The van der Waals surface area contributed by atoms with E-state index < -0.39 is 0 Å². The fourth-order valence-electron chi connectivity index (χ4n) is 1.65. The van der Waals surface area contributed by atoms with Crippen LogP contribution < -0.4 is 5.32 Å². The van der Waals surface area contributed by atoms with Crippen molar-refractivity contribution in [3.8, 4) is 0 Å². The Hall–Kier alpha value is -1.95. The van der Waals surface area contributed by atoms with E-state index in [9.17, 15) is 4.79 Å². The van der Waals surface area contributed by atoms with E-state index in [1.165, 1.54) is 11.8 Å². The third kappa shape index (κ3) is 4.62. The summed E-state index contributed by atoms with van der Waals surface area (Å²) < 4.78 is 0. The number of anilines is 1. The van der Waals surface area contributed by atoms with Crippen molar-refractivity contribution in [3.05, 3.63) is 42.0 Å². The average molecular weight is 288 g/mol. The summed E-state index contributed by atoms with van der Waals surface area (Å²) in [7, 11) is 0. The molecule has 0 radical (unpaired) electrons. The van der Waals surface area contributed by atoms with Gasteiger partial charge in [0.15, 0.2) is 5.16 Å². The van der Waals surface area contributed by atoms with Gasteiger partial charge in [0.1, 0.15) is 0 Å². The number of hydrogen-bond acceptors (Lipinski definition) is 5. The van der Waals surface area contributed by atoms with Crippen LogP contribution in [-0.2, 0) is 4.79 Å². The molecule has 0 aliphatic carbocycles. The van der Waals surface area contributed by atoms with E-state index in [0.717, 1.165) is 22.2 Å². The smallest absolute Gasteiger partial charge is 0.225 e. The Balaban J connectivity index is 1.79. The van der Waals surface area contributed by atoms with Gasteiger partial charge in [0.25, 0.3) is 0 Å². The molecule has 2 heterocycles. The molecule has 0 saturated heterocycles. The van der Waals surface area contributed by atoms with Crippen LogP contribution in [0.4, 0.5) is 5.69 Å². The molecule has 0 unspecified atom stereocenters. The summed E-state index contributed by atoms with van der Waals surface area (Å²) in [4.78, 5) is 24.3. The fourth-order valence-corrected chi connectivity index (χ4v) is 2.54. The number of nitrogens with zero attached hydrogens (tertiary/aromatic N) is 3. The number of carbonyl (C=O) groups excluding carboxylic acids is 1. The molecule has 6 heteroatoms. The maximum absolute atomic E-state index is 11.8. The molecule has 2 aromatic heterocycles. The summed E-state index contributed by atoms with van der Waals surface area (Å²) in [6.45, 7) is 3.88. The number of hydrogen-bond donors (Lipinski definition) is 1. The van der Waals surface area contributed by atoms with Gasteiger partial charge in [0.2, 0.25) is 5.91 Å². The number of thioether (sulfide) groups is 1. The predicted molar refractivity (Wildman–Crippen MR) is 79.7 cm³/mol. The first-order valence-corrected chi connectivity index (χ1v) is 7.27. The van der Waals surface area contributed by atoms with Crippen LogP contribution in [0.2, 0.25) is 0 Å². The monoisotopic (exact) mass is 288 g/mol. The van der Waals surface area contributed by atoms with Gasteiger partial charge in [-0.15, -0.1) is 0 Å². The number of rotatable bonds is 5. The molecule has 0 aliphatic rings. The molecule has 0 aliphatic heterocycles. The Morgan fingerprint density at radius 2 is 1.85 bits per heavy atom. The molecule has 20 heavy (non-hydrogen) atoms.